The van der Waals surface area contributed by atoms with Crippen LogP contribution in [0.5, 0.6) is 0 Å². The van der Waals surface area contributed by atoms with Crippen LogP contribution >= 0.6 is 58.1 Å². The number of halogens is 6. The summed E-state index contributed by atoms with van der Waals surface area (Å²) < 4.78 is 0. The van der Waals surface area contributed by atoms with Crippen LogP contribution in [0.2, 0.25) is 0 Å². The van der Waals surface area contributed by atoms with Gasteiger partial charge < -0.3 is 4.90 Å². The molecule has 0 aromatic rings. The Morgan fingerprint density at radius 1 is 0.727 bits per heavy atom. The second-order valence-electron chi connectivity index (χ2n) is 2.06. The van der Waals surface area contributed by atoms with Gasteiger partial charge in [0.1, 0.15) is 0 Å². The monoisotopic (exact) mass is 372 g/mol. The maximum atomic E-state index is 5.04. The van der Waals surface area contributed by atoms with Crippen molar-refractivity contribution in [3.63, 3.8) is 0 Å². The molecule has 0 atom stereocenters. The molecule has 0 fully saturated rings. The summed E-state index contributed by atoms with van der Waals surface area (Å²) in [7, 11) is 36.2. The van der Waals surface area contributed by atoms with E-state index in [0.29, 0.717) is 0 Å². The number of nitrogens with zero attached hydrogens (tertiary/aromatic N) is 1. The molecule has 0 saturated carbocycles. The molecule has 77 valence electrons. The van der Waals surface area contributed by atoms with Crippen molar-refractivity contribution >= 4 is 58.1 Å². The molecule has 0 unspecified atom stereocenters. The fourth-order valence-electron chi connectivity index (χ4n) is 0. The van der Waals surface area contributed by atoms with E-state index in [1.165, 1.54) is 0 Å². The third kappa shape index (κ3) is 243. The Bertz CT molecular complexity index is 105. The van der Waals surface area contributed by atoms with E-state index in [1.54, 1.807) is 0 Å². The summed E-state index contributed by atoms with van der Waals surface area (Å²) in [6.07, 6.45) is 0. The van der Waals surface area contributed by atoms with Crippen LogP contribution in [-0.2, 0) is 6.48 Å². The van der Waals surface area contributed by atoms with Crippen LogP contribution in [0.3, 0.4) is 0 Å². The topological polar surface area (TPSA) is 3.24 Å². The first-order valence-corrected chi connectivity index (χ1v) is 14.8. The number of rotatable bonds is 0. The minimum absolute atomic E-state index is 2.00. The van der Waals surface area contributed by atoms with Crippen LogP contribution in [-0.4, -0.2) is 26.0 Å². The Hall–Kier alpha value is 2.32. The van der Waals surface area contributed by atoms with E-state index in [1.807, 2.05) is 26.0 Å². The van der Waals surface area contributed by atoms with Crippen molar-refractivity contribution in [2.24, 2.45) is 0 Å². The first-order valence-electron chi connectivity index (χ1n) is 2.10. The zero-order valence-corrected chi connectivity index (χ0v) is 12.2. The van der Waals surface area contributed by atoms with Gasteiger partial charge in [-0.25, -0.2) is 0 Å². The molecule has 0 bridgehead atoms. The minimum atomic E-state index is -5.15. The second-order valence-corrected chi connectivity index (χ2v) is 39.4. The molecule has 0 radical (unpaired) electrons. The molecule has 11 heavy (non-hydrogen) atoms. The molecule has 1 nitrogen and oxygen atoms in total. The molecular formula is C3H9Cl6NRh. The van der Waals surface area contributed by atoms with Crippen molar-refractivity contribution in [1.29, 1.82) is 0 Å². The first kappa shape index (κ1) is 15.8. The predicted octanol–water partition coefficient (Wildman–Crippen LogP) is 4.31. The number of hydrogen-bond acceptors (Lipinski definition) is 1. The van der Waals surface area contributed by atoms with E-state index >= 15 is 0 Å². The summed E-state index contributed by atoms with van der Waals surface area (Å²) >= 11 is 0. The third-order valence-corrected chi connectivity index (χ3v) is 0. The molecule has 0 aromatic heterocycles. The van der Waals surface area contributed by atoms with Gasteiger partial charge >= 0.3 is 64.6 Å². The van der Waals surface area contributed by atoms with E-state index in [9.17, 15) is 0 Å². The fraction of sp³-hybridized carbons (Fsp3) is 1.00. The van der Waals surface area contributed by atoms with Gasteiger partial charge in [0.15, 0.2) is 0 Å². The standard InChI is InChI=1S/C3H9N.6ClH.Rh/c1-4(2)3;;;;;;;/h1-3H3;6*1H;/q;;;;;;;+6/p-6. The van der Waals surface area contributed by atoms with E-state index < -0.39 is 6.48 Å². The van der Waals surface area contributed by atoms with Gasteiger partial charge in [-0.1, -0.05) is 0 Å². The van der Waals surface area contributed by atoms with Crippen molar-refractivity contribution < 1.29 is 6.48 Å². The van der Waals surface area contributed by atoms with Crippen LogP contribution in [0.4, 0.5) is 0 Å². The molecular weight excluding hydrogens is 366 g/mol. The second kappa shape index (κ2) is 3.83. The van der Waals surface area contributed by atoms with Crippen LogP contribution in [0.25, 0.3) is 0 Å². The fourth-order valence-corrected chi connectivity index (χ4v) is 0. The first-order chi connectivity index (χ1) is 4.18. The van der Waals surface area contributed by atoms with Gasteiger partial charge in [0, 0.05) is 0 Å². The van der Waals surface area contributed by atoms with E-state index in [2.05, 4.69) is 0 Å². The van der Waals surface area contributed by atoms with E-state index in [0.717, 1.165) is 0 Å². The van der Waals surface area contributed by atoms with Gasteiger partial charge in [0.25, 0.3) is 0 Å². The Morgan fingerprint density at radius 3 is 0.727 bits per heavy atom. The summed E-state index contributed by atoms with van der Waals surface area (Å²) in [6, 6.07) is 0. The summed E-state index contributed by atoms with van der Waals surface area (Å²) in [5.41, 5.74) is 0. The molecule has 0 spiro atoms. The van der Waals surface area contributed by atoms with E-state index in [-0.39, 0.29) is 0 Å². The average molecular weight is 375 g/mol. The molecule has 0 heterocycles. The summed E-state index contributed by atoms with van der Waals surface area (Å²) in [5.74, 6) is 0. The zero-order valence-electron chi connectivity index (χ0n) is 6.05. The van der Waals surface area contributed by atoms with Crippen LogP contribution in [0.15, 0.2) is 0 Å². The Balaban J connectivity index is 0. The molecule has 0 aliphatic rings. The van der Waals surface area contributed by atoms with Gasteiger partial charge in [-0.05, 0) is 21.1 Å². The molecule has 0 aliphatic heterocycles. The van der Waals surface area contributed by atoms with Gasteiger partial charge in [0.05, 0.1) is 0 Å². The van der Waals surface area contributed by atoms with Crippen LogP contribution in [0.1, 0.15) is 0 Å². The summed E-state index contributed by atoms with van der Waals surface area (Å²) in [6.45, 7) is -5.15. The zero-order chi connectivity index (χ0) is 9.99. The summed E-state index contributed by atoms with van der Waals surface area (Å²) in [4.78, 5) is 2.00. The van der Waals surface area contributed by atoms with Crippen molar-refractivity contribution in [2.75, 3.05) is 21.1 Å². The quantitative estimate of drug-likeness (QED) is 0.571. The maximum absolute atomic E-state index is 5.15. The molecule has 0 rings (SSSR count). The Labute approximate surface area is 89.7 Å². The third-order valence-electron chi connectivity index (χ3n) is 0. The van der Waals surface area contributed by atoms with Gasteiger partial charge in [-0.2, -0.15) is 0 Å². The summed E-state index contributed by atoms with van der Waals surface area (Å²) in [5, 5.41) is 0. The van der Waals surface area contributed by atoms with Crippen LogP contribution in [0, 0.1) is 0 Å². The van der Waals surface area contributed by atoms with Crippen molar-refractivity contribution in [2.45, 2.75) is 0 Å². The number of hydrogen-bond donors (Lipinski definition) is 0. The average Bonchev–Trinajstić information content (AvgIpc) is 1.11. The molecule has 0 saturated heterocycles. The van der Waals surface area contributed by atoms with Gasteiger partial charge in [0.2, 0.25) is 0 Å². The van der Waals surface area contributed by atoms with Crippen molar-refractivity contribution in [3.05, 3.63) is 0 Å². The Morgan fingerprint density at radius 2 is 0.727 bits per heavy atom. The molecule has 0 amide bonds. The SMILES string of the molecule is CN(C)C.[Cl][Rh]([Cl])([Cl])([Cl])([Cl])[Cl]. The molecule has 8 heteroatoms. The predicted molar refractivity (Wildman–Crippen MR) is 54.7 cm³/mol. The molecule has 0 aromatic carbocycles. The Kier molecular flexibility index (Phi) is 5.49. The van der Waals surface area contributed by atoms with Crippen molar-refractivity contribution in [1.82, 2.24) is 4.90 Å². The normalized spacial score (nSPS) is 18.0. The molecule has 0 N–H and O–H groups in total. The van der Waals surface area contributed by atoms with Gasteiger partial charge in [-0.15, -0.1) is 0 Å². The molecule has 0 aliphatic carbocycles. The van der Waals surface area contributed by atoms with Gasteiger partial charge in [-0.3, -0.25) is 0 Å². The van der Waals surface area contributed by atoms with E-state index in [4.69, 9.17) is 58.1 Å². The van der Waals surface area contributed by atoms with Crippen LogP contribution < -0.4 is 0 Å². The van der Waals surface area contributed by atoms with Crippen molar-refractivity contribution in [3.8, 4) is 0 Å².